The molecule has 0 spiro atoms. The van der Waals surface area contributed by atoms with E-state index in [1.54, 1.807) is 0 Å². The summed E-state index contributed by atoms with van der Waals surface area (Å²) in [6.45, 7) is 1.60. The quantitative estimate of drug-likeness (QED) is 0.799. The van der Waals surface area contributed by atoms with Crippen molar-refractivity contribution in [3.8, 4) is 0 Å². The van der Waals surface area contributed by atoms with Crippen LogP contribution in [0.1, 0.15) is 31.2 Å². The van der Waals surface area contributed by atoms with Gasteiger partial charge in [0.2, 0.25) is 12.3 Å². The Morgan fingerprint density at radius 1 is 1.36 bits per heavy atom. The topological polar surface area (TPSA) is 61.4 Å². The minimum absolute atomic E-state index is 0.130. The molecule has 0 bridgehead atoms. The predicted octanol–water partition coefficient (Wildman–Crippen LogP) is 1.05. The SMILES string of the molecule is O=CNC1CCCN1C(=O)C1(Cc2ccccc2)CCCN1. The zero-order valence-electron chi connectivity index (χ0n) is 12.8. The zero-order chi connectivity index (χ0) is 15.4. The zero-order valence-corrected chi connectivity index (χ0v) is 12.8. The second-order valence-electron chi connectivity index (χ2n) is 6.22. The van der Waals surface area contributed by atoms with Crippen molar-refractivity contribution in [1.82, 2.24) is 15.5 Å². The van der Waals surface area contributed by atoms with Gasteiger partial charge in [-0.25, -0.2) is 0 Å². The molecule has 5 heteroatoms. The molecule has 2 saturated heterocycles. The minimum Gasteiger partial charge on any atom is -0.338 e. The lowest BCUT2D eigenvalue weighted by Gasteiger charge is -2.35. The van der Waals surface area contributed by atoms with Crippen LogP contribution in [0.5, 0.6) is 0 Å². The lowest BCUT2D eigenvalue weighted by molar-refractivity contribution is -0.139. The molecule has 22 heavy (non-hydrogen) atoms. The van der Waals surface area contributed by atoms with Crippen molar-refractivity contribution in [2.24, 2.45) is 0 Å². The molecule has 118 valence electrons. The highest BCUT2D eigenvalue weighted by Gasteiger charge is 2.45. The molecular weight excluding hydrogens is 278 g/mol. The molecule has 2 aliphatic heterocycles. The summed E-state index contributed by atoms with van der Waals surface area (Å²) in [5.41, 5.74) is 0.651. The van der Waals surface area contributed by atoms with E-state index in [1.807, 2.05) is 23.1 Å². The molecule has 0 saturated carbocycles. The van der Waals surface area contributed by atoms with E-state index < -0.39 is 5.54 Å². The van der Waals surface area contributed by atoms with Crippen LogP contribution in [0.15, 0.2) is 30.3 Å². The molecule has 1 aromatic rings. The molecule has 2 unspecified atom stereocenters. The van der Waals surface area contributed by atoms with E-state index in [4.69, 9.17) is 0 Å². The van der Waals surface area contributed by atoms with E-state index in [9.17, 15) is 9.59 Å². The van der Waals surface area contributed by atoms with Gasteiger partial charge < -0.3 is 15.5 Å². The molecule has 5 nitrogen and oxygen atoms in total. The van der Waals surface area contributed by atoms with Crippen molar-refractivity contribution in [2.45, 2.75) is 43.8 Å². The Hall–Kier alpha value is -1.88. The summed E-state index contributed by atoms with van der Waals surface area (Å²) in [5.74, 6) is 0.130. The maximum absolute atomic E-state index is 13.2. The monoisotopic (exact) mass is 301 g/mol. The number of hydrogen-bond donors (Lipinski definition) is 2. The van der Waals surface area contributed by atoms with Crippen LogP contribution in [0.3, 0.4) is 0 Å². The summed E-state index contributed by atoms with van der Waals surface area (Å²) < 4.78 is 0. The van der Waals surface area contributed by atoms with Gasteiger partial charge in [-0.3, -0.25) is 9.59 Å². The van der Waals surface area contributed by atoms with Gasteiger partial charge in [-0.05, 0) is 44.2 Å². The Balaban J connectivity index is 1.81. The number of carbonyl (C=O) groups is 2. The summed E-state index contributed by atoms with van der Waals surface area (Å²) in [6.07, 6.45) is 4.90. The van der Waals surface area contributed by atoms with Crippen molar-refractivity contribution >= 4 is 12.3 Å². The standard InChI is InChI=1S/C17H23N3O2/c21-13-18-15-8-4-11-20(15)16(22)17(9-5-10-19-17)12-14-6-2-1-3-7-14/h1-3,6-7,13,15,19H,4-5,8-12H2,(H,18,21). The van der Waals surface area contributed by atoms with E-state index in [2.05, 4.69) is 22.8 Å². The summed E-state index contributed by atoms with van der Waals surface area (Å²) >= 11 is 0. The van der Waals surface area contributed by atoms with Gasteiger partial charge in [0.1, 0.15) is 11.7 Å². The second-order valence-corrected chi connectivity index (χ2v) is 6.22. The Morgan fingerprint density at radius 3 is 2.86 bits per heavy atom. The molecule has 2 amide bonds. The number of amides is 2. The highest BCUT2D eigenvalue weighted by molar-refractivity contribution is 5.87. The van der Waals surface area contributed by atoms with Crippen molar-refractivity contribution in [1.29, 1.82) is 0 Å². The first-order valence-corrected chi connectivity index (χ1v) is 8.05. The summed E-state index contributed by atoms with van der Waals surface area (Å²) in [7, 11) is 0. The van der Waals surface area contributed by atoms with Gasteiger partial charge >= 0.3 is 0 Å². The summed E-state index contributed by atoms with van der Waals surface area (Å²) in [5, 5.41) is 6.23. The van der Waals surface area contributed by atoms with Crippen molar-refractivity contribution in [3.63, 3.8) is 0 Å². The van der Waals surface area contributed by atoms with E-state index in [0.29, 0.717) is 12.8 Å². The normalized spacial score (nSPS) is 27.8. The molecule has 3 rings (SSSR count). The van der Waals surface area contributed by atoms with Gasteiger partial charge in [0.15, 0.2) is 0 Å². The first kappa shape index (κ1) is 15.0. The van der Waals surface area contributed by atoms with Crippen LogP contribution in [-0.2, 0) is 16.0 Å². The number of nitrogens with one attached hydrogen (secondary N) is 2. The van der Waals surface area contributed by atoms with Crippen LogP contribution in [0.2, 0.25) is 0 Å². The van der Waals surface area contributed by atoms with Crippen molar-refractivity contribution in [3.05, 3.63) is 35.9 Å². The Morgan fingerprint density at radius 2 is 2.18 bits per heavy atom. The fourth-order valence-corrected chi connectivity index (χ4v) is 3.70. The number of rotatable bonds is 5. The first-order valence-electron chi connectivity index (χ1n) is 8.05. The van der Waals surface area contributed by atoms with Gasteiger partial charge in [-0.15, -0.1) is 0 Å². The van der Waals surface area contributed by atoms with Gasteiger partial charge in [-0.2, -0.15) is 0 Å². The molecule has 2 fully saturated rings. The van der Waals surface area contributed by atoms with E-state index in [0.717, 1.165) is 38.8 Å². The van der Waals surface area contributed by atoms with Crippen LogP contribution < -0.4 is 10.6 Å². The Bertz CT molecular complexity index is 526. The largest absolute Gasteiger partial charge is 0.338 e. The lowest BCUT2D eigenvalue weighted by atomic mass is 9.87. The number of benzene rings is 1. The third-order valence-corrected chi connectivity index (χ3v) is 4.78. The maximum atomic E-state index is 13.2. The second kappa shape index (κ2) is 6.48. The maximum Gasteiger partial charge on any atom is 0.244 e. The van der Waals surface area contributed by atoms with Crippen LogP contribution in [0, 0.1) is 0 Å². The average Bonchev–Trinajstić information content (AvgIpc) is 3.18. The first-order chi connectivity index (χ1) is 10.7. The van der Waals surface area contributed by atoms with E-state index >= 15 is 0 Å². The molecular formula is C17H23N3O2. The van der Waals surface area contributed by atoms with E-state index in [1.165, 1.54) is 5.56 Å². The Kier molecular flexibility index (Phi) is 4.43. The minimum atomic E-state index is -0.519. The fourth-order valence-electron chi connectivity index (χ4n) is 3.70. The highest BCUT2D eigenvalue weighted by atomic mass is 16.2. The molecule has 0 aliphatic carbocycles. The van der Waals surface area contributed by atoms with Crippen LogP contribution in [0.4, 0.5) is 0 Å². The molecule has 2 aliphatic rings. The van der Waals surface area contributed by atoms with Crippen LogP contribution in [0.25, 0.3) is 0 Å². The summed E-state index contributed by atoms with van der Waals surface area (Å²) in [6, 6.07) is 10.1. The molecule has 0 aromatic heterocycles. The number of likely N-dealkylation sites (tertiary alicyclic amines) is 1. The molecule has 2 heterocycles. The van der Waals surface area contributed by atoms with Crippen LogP contribution in [-0.4, -0.2) is 42.0 Å². The van der Waals surface area contributed by atoms with Gasteiger partial charge in [0, 0.05) is 6.54 Å². The number of nitrogens with zero attached hydrogens (tertiary/aromatic N) is 1. The Labute approximate surface area is 131 Å². The third kappa shape index (κ3) is 2.86. The number of hydrogen-bond acceptors (Lipinski definition) is 3. The highest BCUT2D eigenvalue weighted by Crippen LogP contribution is 2.29. The van der Waals surface area contributed by atoms with E-state index in [-0.39, 0.29) is 12.1 Å². The van der Waals surface area contributed by atoms with Crippen molar-refractivity contribution in [2.75, 3.05) is 13.1 Å². The molecule has 1 aromatic carbocycles. The lowest BCUT2D eigenvalue weighted by Crippen LogP contribution is -2.59. The average molecular weight is 301 g/mol. The summed E-state index contributed by atoms with van der Waals surface area (Å²) in [4.78, 5) is 25.8. The third-order valence-electron chi connectivity index (χ3n) is 4.78. The molecule has 2 atom stereocenters. The van der Waals surface area contributed by atoms with Crippen molar-refractivity contribution < 1.29 is 9.59 Å². The van der Waals surface area contributed by atoms with Crippen LogP contribution >= 0.6 is 0 Å². The fraction of sp³-hybridized carbons (Fsp3) is 0.529. The molecule has 2 N–H and O–H groups in total. The van der Waals surface area contributed by atoms with Gasteiger partial charge in [-0.1, -0.05) is 30.3 Å². The number of carbonyl (C=O) groups excluding carboxylic acids is 2. The predicted molar refractivity (Wildman–Crippen MR) is 84.0 cm³/mol. The smallest absolute Gasteiger partial charge is 0.244 e. The molecule has 0 radical (unpaired) electrons. The van der Waals surface area contributed by atoms with Gasteiger partial charge in [0.25, 0.3) is 0 Å². The van der Waals surface area contributed by atoms with Gasteiger partial charge in [0.05, 0.1) is 0 Å².